The molecule has 5 heteroatoms. The van der Waals surface area contributed by atoms with E-state index >= 15 is 0 Å². The molecule has 1 rings (SSSR count). The summed E-state index contributed by atoms with van der Waals surface area (Å²) in [6.45, 7) is 11.5. The maximum Gasteiger partial charge on any atom is 0.278 e. The summed E-state index contributed by atoms with van der Waals surface area (Å²) in [6, 6.07) is 0. The first-order valence-electron chi connectivity index (χ1n) is 6.58. The van der Waals surface area contributed by atoms with E-state index in [0.29, 0.717) is 17.7 Å². The van der Waals surface area contributed by atoms with Crippen molar-refractivity contribution >= 4 is 5.69 Å². The van der Waals surface area contributed by atoms with Gasteiger partial charge in [0.1, 0.15) is 0 Å². The van der Waals surface area contributed by atoms with Crippen LogP contribution in [0.15, 0.2) is 6.20 Å². The first kappa shape index (κ1) is 15.6. The second-order valence-corrected chi connectivity index (χ2v) is 5.74. The van der Waals surface area contributed by atoms with Crippen LogP contribution in [0.1, 0.15) is 44.0 Å². The minimum atomic E-state index is -0.328. The van der Waals surface area contributed by atoms with Gasteiger partial charge in [0.2, 0.25) is 0 Å². The van der Waals surface area contributed by atoms with Crippen LogP contribution in [0.25, 0.3) is 0 Å². The number of nitrogens with zero attached hydrogens (tertiary/aromatic N) is 2. The number of hydrogen-bond acceptors (Lipinski definition) is 4. The normalized spacial score (nSPS) is 11.6. The average molecular weight is 265 g/mol. The Morgan fingerprint density at radius 2 is 2.05 bits per heavy atom. The molecule has 0 aliphatic carbocycles. The summed E-state index contributed by atoms with van der Waals surface area (Å²) in [7, 11) is 0. The number of nitro groups is 1. The van der Waals surface area contributed by atoms with Crippen molar-refractivity contribution in [3.8, 4) is 0 Å². The Kier molecular flexibility index (Phi) is 5.00. The van der Waals surface area contributed by atoms with E-state index in [4.69, 9.17) is 0 Å². The quantitative estimate of drug-likeness (QED) is 0.633. The number of aromatic nitrogens is 1. The van der Waals surface area contributed by atoms with Gasteiger partial charge in [-0.15, -0.1) is 0 Å². The van der Waals surface area contributed by atoms with Crippen LogP contribution in [-0.4, -0.2) is 16.5 Å². The molecule has 0 bridgehead atoms. The van der Waals surface area contributed by atoms with E-state index in [1.54, 1.807) is 20.0 Å². The van der Waals surface area contributed by atoms with Gasteiger partial charge < -0.3 is 5.32 Å². The smallest absolute Gasteiger partial charge is 0.278 e. The zero-order valence-electron chi connectivity index (χ0n) is 12.4. The van der Waals surface area contributed by atoms with Crippen LogP contribution in [0.3, 0.4) is 0 Å². The second-order valence-electron chi connectivity index (χ2n) is 5.74. The first-order chi connectivity index (χ1) is 8.78. The van der Waals surface area contributed by atoms with Crippen LogP contribution >= 0.6 is 0 Å². The van der Waals surface area contributed by atoms with E-state index in [1.807, 2.05) is 0 Å². The molecular weight excluding hydrogens is 242 g/mol. The summed E-state index contributed by atoms with van der Waals surface area (Å²) < 4.78 is 0. The Morgan fingerprint density at radius 1 is 1.42 bits per heavy atom. The van der Waals surface area contributed by atoms with Crippen molar-refractivity contribution in [3.63, 3.8) is 0 Å². The molecule has 0 aliphatic heterocycles. The topological polar surface area (TPSA) is 68.1 Å². The van der Waals surface area contributed by atoms with Gasteiger partial charge in [-0.1, -0.05) is 20.8 Å². The highest BCUT2D eigenvalue weighted by atomic mass is 16.6. The molecule has 5 nitrogen and oxygen atoms in total. The molecule has 1 N–H and O–H groups in total. The Hall–Kier alpha value is -1.49. The largest absolute Gasteiger partial charge is 0.311 e. The van der Waals surface area contributed by atoms with Gasteiger partial charge in [-0.05, 0) is 25.7 Å². The van der Waals surface area contributed by atoms with Gasteiger partial charge >= 0.3 is 0 Å². The summed E-state index contributed by atoms with van der Waals surface area (Å²) in [6.07, 6.45) is 2.66. The van der Waals surface area contributed by atoms with Crippen LogP contribution in [0.4, 0.5) is 5.69 Å². The summed E-state index contributed by atoms with van der Waals surface area (Å²) in [5.74, 6) is 0. The van der Waals surface area contributed by atoms with E-state index in [1.165, 1.54) is 0 Å². The fourth-order valence-electron chi connectivity index (χ4n) is 1.87. The summed E-state index contributed by atoms with van der Waals surface area (Å²) >= 11 is 0. The number of aryl methyl sites for hydroxylation is 1. The van der Waals surface area contributed by atoms with Gasteiger partial charge in [0.05, 0.1) is 10.6 Å². The van der Waals surface area contributed by atoms with Crippen LogP contribution in [0.5, 0.6) is 0 Å². The minimum absolute atomic E-state index is 0.182. The molecule has 0 spiro atoms. The highest BCUT2D eigenvalue weighted by molar-refractivity contribution is 5.47. The Labute approximate surface area is 114 Å². The van der Waals surface area contributed by atoms with Crippen molar-refractivity contribution in [1.29, 1.82) is 0 Å². The predicted molar refractivity (Wildman–Crippen MR) is 76.1 cm³/mol. The van der Waals surface area contributed by atoms with Crippen LogP contribution in [0, 0.1) is 29.4 Å². The molecule has 1 heterocycles. The van der Waals surface area contributed by atoms with Crippen LogP contribution in [-0.2, 0) is 6.54 Å². The summed E-state index contributed by atoms with van der Waals surface area (Å²) in [5, 5.41) is 14.4. The fourth-order valence-corrected chi connectivity index (χ4v) is 1.87. The lowest BCUT2D eigenvalue weighted by molar-refractivity contribution is -0.386. The lowest BCUT2D eigenvalue weighted by Gasteiger charge is -2.23. The number of hydrogen-bond donors (Lipinski definition) is 1. The molecule has 1 aromatic heterocycles. The third kappa shape index (κ3) is 3.99. The van der Waals surface area contributed by atoms with E-state index in [0.717, 1.165) is 18.7 Å². The first-order valence-corrected chi connectivity index (χ1v) is 6.58. The van der Waals surface area contributed by atoms with Crippen molar-refractivity contribution in [1.82, 2.24) is 10.3 Å². The molecule has 19 heavy (non-hydrogen) atoms. The zero-order chi connectivity index (χ0) is 14.6. The third-order valence-electron chi connectivity index (χ3n) is 3.61. The molecule has 0 radical (unpaired) electrons. The maximum atomic E-state index is 11.0. The Bertz CT molecular complexity index is 470. The van der Waals surface area contributed by atoms with Crippen molar-refractivity contribution in [3.05, 3.63) is 33.1 Å². The summed E-state index contributed by atoms with van der Waals surface area (Å²) in [4.78, 5) is 15.0. The van der Waals surface area contributed by atoms with Gasteiger partial charge in [0, 0.05) is 30.4 Å². The number of rotatable bonds is 6. The monoisotopic (exact) mass is 265 g/mol. The van der Waals surface area contributed by atoms with E-state index < -0.39 is 0 Å². The van der Waals surface area contributed by atoms with E-state index in [2.05, 4.69) is 31.1 Å². The lowest BCUT2D eigenvalue weighted by atomic mass is 9.90. The maximum absolute atomic E-state index is 11.0. The molecule has 0 amide bonds. The lowest BCUT2D eigenvalue weighted by Crippen LogP contribution is -2.29. The SMILES string of the molecule is CCC(C)(C)CNCc1ncc(C)c([N+](=O)[O-])c1C. The summed E-state index contributed by atoms with van der Waals surface area (Å²) in [5.41, 5.74) is 2.43. The Morgan fingerprint density at radius 3 is 2.58 bits per heavy atom. The van der Waals surface area contributed by atoms with E-state index in [-0.39, 0.29) is 16.0 Å². The molecule has 0 unspecified atom stereocenters. The molecular formula is C14H23N3O2. The molecule has 1 aromatic rings. The average Bonchev–Trinajstić information content (AvgIpc) is 2.31. The predicted octanol–water partition coefficient (Wildman–Crippen LogP) is 3.13. The van der Waals surface area contributed by atoms with Gasteiger partial charge in [-0.3, -0.25) is 15.1 Å². The molecule has 0 saturated heterocycles. The molecule has 106 valence electrons. The van der Waals surface area contributed by atoms with Crippen molar-refractivity contribution in [2.75, 3.05) is 6.54 Å². The molecule has 0 atom stereocenters. The standard InChI is InChI=1S/C14H23N3O2/c1-6-14(4,5)9-15-8-12-11(3)13(17(18)19)10(2)7-16-12/h7,15H,6,8-9H2,1-5H3. The number of nitrogens with one attached hydrogen (secondary N) is 1. The minimum Gasteiger partial charge on any atom is -0.311 e. The zero-order valence-corrected chi connectivity index (χ0v) is 12.4. The number of pyridine rings is 1. The van der Waals surface area contributed by atoms with Crippen molar-refractivity contribution in [2.45, 2.75) is 47.6 Å². The van der Waals surface area contributed by atoms with Gasteiger partial charge in [0.15, 0.2) is 0 Å². The Balaban J connectivity index is 2.81. The molecule has 0 fully saturated rings. The van der Waals surface area contributed by atoms with Crippen LogP contribution < -0.4 is 5.32 Å². The van der Waals surface area contributed by atoms with Gasteiger partial charge in [0.25, 0.3) is 5.69 Å². The fraction of sp³-hybridized carbons (Fsp3) is 0.643. The van der Waals surface area contributed by atoms with Crippen molar-refractivity contribution in [2.24, 2.45) is 5.41 Å². The third-order valence-corrected chi connectivity index (χ3v) is 3.61. The molecule has 0 aromatic carbocycles. The molecule has 0 saturated carbocycles. The molecule has 0 aliphatic rings. The van der Waals surface area contributed by atoms with Gasteiger partial charge in [-0.2, -0.15) is 0 Å². The highest BCUT2D eigenvalue weighted by Gasteiger charge is 2.19. The highest BCUT2D eigenvalue weighted by Crippen LogP contribution is 2.24. The van der Waals surface area contributed by atoms with Crippen LogP contribution in [0.2, 0.25) is 0 Å². The second kappa shape index (κ2) is 6.10. The van der Waals surface area contributed by atoms with E-state index in [9.17, 15) is 10.1 Å². The van der Waals surface area contributed by atoms with Crippen molar-refractivity contribution < 1.29 is 4.92 Å². The van der Waals surface area contributed by atoms with Gasteiger partial charge in [-0.25, -0.2) is 0 Å².